The van der Waals surface area contributed by atoms with E-state index in [1.54, 1.807) is 10.9 Å². The topological polar surface area (TPSA) is 52.8 Å². The van der Waals surface area contributed by atoms with Crippen LogP contribution in [0.4, 0.5) is 0 Å². The number of aromatic nitrogens is 4. The second-order valence-corrected chi connectivity index (χ2v) is 3.88. The van der Waals surface area contributed by atoms with Gasteiger partial charge in [0.05, 0.1) is 18.2 Å². The number of nitrogens with zero attached hydrogens (tertiary/aromatic N) is 4. The fourth-order valence-corrected chi connectivity index (χ4v) is 1.64. The fourth-order valence-electron chi connectivity index (χ4n) is 1.41. The zero-order valence-corrected chi connectivity index (χ0v) is 10.5. The Bertz CT molecular complexity index is 550. The minimum absolute atomic E-state index is 0.338. The highest BCUT2D eigenvalue weighted by molar-refractivity contribution is 6.33. The molecule has 0 bridgehead atoms. The maximum absolute atomic E-state index is 6.04. The molecule has 0 aliphatic carbocycles. The molecule has 0 aliphatic rings. The molecule has 90 valence electrons. The van der Waals surface area contributed by atoms with E-state index in [9.17, 15) is 0 Å². The number of ether oxygens (including phenoxy) is 1. The van der Waals surface area contributed by atoms with Gasteiger partial charge < -0.3 is 4.74 Å². The molecule has 0 amide bonds. The quantitative estimate of drug-likeness (QED) is 0.475. The molecular weight excluding hydrogens is 240 g/mol. The van der Waals surface area contributed by atoms with E-state index in [0.29, 0.717) is 24.2 Å². The van der Waals surface area contributed by atoms with Gasteiger partial charge in [0.15, 0.2) is 11.5 Å². The van der Waals surface area contributed by atoms with E-state index in [0.717, 1.165) is 11.0 Å². The molecule has 0 fully saturated rings. The smallest absolute Gasteiger partial charge is 0.162 e. The van der Waals surface area contributed by atoms with Crippen LogP contribution in [-0.2, 0) is 18.4 Å². The van der Waals surface area contributed by atoms with E-state index in [-0.39, 0.29) is 0 Å². The number of halogens is 1. The standard InChI is InChI=1S/C11H13ClN4O/c1-3-4-5-17-7-9-14-10(12)8-6-13-16(2)11(8)15-9/h3-4,6H,5,7H2,1-2H3. The Hall–Kier alpha value is -1.46. The normalized spacial score (nSPS) is 11.7. The molecule has 0 N–H and O–H groups in total. The lowest BCUT2D eigenvalue weighted by molar-refractivity contribution is 0.142. The number of hydrogen-bond donors (Lipinski definition) is 0. The summed E-state index contributed by atoms with van der Waals surface area (Å²) in [6, 6.07) is 0. The van der Waals surface area contributed by atoms with Gasteiger partial charge in [-0.1, -0.05) is 23.8 Å². The van der Waals surface area contributed by atoms with Crippen LogP contribution in [-0.4, -0.2) is 26.4 Å². The van der Waals surface area contributed by atoms with Crippen molar-refractivity contribution in [3.05, 3.63) is 29.3 Å². The molecule has 17 heavy (non-hydrogen) atoms. The van der Waals surface area contributed by atoms with E-state index in [1.807, 2.05) is 26.1 Å². The van der Waals surface area contributed by atoms with Gasteiger partial charge in [-0.2, -0.15) is 5.10 Å². The summed E-state index contributed by atoms with van der Waals surface area (Å²) in [6.45, 7) is 2.82. The molecule has 5 nitrogen and oxygen atoms in total. The van der Waals surface area contributed by atoms with Crippen molar-refractivity contribution in [1.82, 2.24) is 19.7 Å². The molecule has 6 heteroatoms. The van der Waals surface area contributed by atoms with E-state index in [2.05, 4.69) is 15.1 Å². The molecule has 0 aromatic carbocycles. The Morgan fingerprint density at radius 1 is 1.47 bits per heavy atom. The van der Waals surface area contributed by atoms with Crippen LogP contribution >= 0.6 is 11.6 Å². The van der Waals surface area contributed by atoms with Gasteiger partial charge in [0.2, 0.25) is 0 Å². The van der Waals surface area contributed by atoms with Gasteiger partial charge in [-0.25, -0.2) is 9.97 Å². The highest BCUT2D eigenvalue weighted by atomic mass is 35.5. The average molecular weight is 253 g/mol. The Morgan fingerprint density at radius 3 is 3.06 bits per heavy atom. The maximum Gasteiger partial charge on any atom is 0.162 e. The van der Waals surface area contributed by atoms with Crippen molar-refractivity contribution in [3.8, 4) is 0 Å². The van der Waals surface area contributed by atoms with Crippen molar-refractivity contribution in [2.45, 2.75) is 13.5 Å². The van der Waals surface area contributed by atoms with Crippen molar-refractivity contribution in [2.24, 2.45) is 7.05 Å². The summed E-state index contributed by atoms with van der Waals surface area (Å²) < 4.78 is 7.05. The van der Waals surface area contributed by atoms with Gasteiger partial charge in [-0.15, -0.1) is 0 Å². The van der Waals surface area contributed by atoms with Gasteiger partial charge in [0, 0.05) is 7.05 Å². The predicted molar refractivity (Wildman–Crippen MR) is 65.8 cm³/mol. The molecule has 0 atom stereocenters. The van der Waals surface area contributed by atoms with Crippen molar-refractivity contribution in [1.29, 1.82) is 0 Å². The lowest BCUT2D eigenvalue weighted by atomic mass is 10.4. The van der Waals surface area contributed by atoms with Gasteiger partial charge in [-0.05, 0) is 6.92 Å². The molecule has 2 aromatic rings. The Kier molecular flexibility index (Phi) is 3.71. The molecule has 0 spiro atoms. The molecule has 0 saturated carbocycles. The molecule has 2 heterocycles. The van der Waals surface area contributed by atoms with E-state index in [4.69, 9.17) is 16.3 Å². The Morgan fingerprint density at radius 2 is 2.29 bits per heavy atom. The van der Waals surface area contributed by atoms with Crippen LogP contribution in [0.1, 0.15) is 12.7 Å². The average Bonchev–Trinajstić information content (AvgIpc) is 2.68. The third-order valence-electron chi connectivity index (χ3n) is 2.27. The van der Waals surface area contributed by atoms with Crippen LogP contribution in [0.15, 0.2) is 18.3 Å². The first-order valence-corrected chi connectivity index (χ1v) is 5.63. The fraction of sp³-hybridized carbons (Fsp3) is 0.364. The van der Waals surface area contributed by atoms with Crippen LogP contribution in [0.5, 0.6) is 0 Å². The van der Waals surface area contributed by atoms with Crippen LogP contribution in [0.25, 0.3) is 11.0 Å². The monoisotopic (exact) mass is 252 g/mol. The number of aryl methyl sites for hydroxylation is 1. The summed E-state index contributed by atoms with van der Waals surface area (Å²) in [6.07, 6.45) is 5.50. The predicted octanol–water partition coefficient (Wildman–Crippen LogP) is 2.11. The second-order valence-electron chi connectivity index (χ2n) is 3.52. The summed E-state index contributed by atoms with van der Waals surface area (Å²) in [5.41, 5.74) is 0.717. The molecule has 2 rings (SSSR count). The minimum Gasteiger partial charge on any atom is -0.369 e. The first kappa shape index (κ1) is 12.0. The molecule has 0 radical (unpaired) electrons. The largest absolute Gasteiger partial charge is 0.369 e. The zero-order valence-electron chi connectivity index (χ0n) is 9.72. The highest BCUT2D eigenvalue weighted by Crippen LogP contribution is 2.19. The first-order chi connectivity index (χ1) is 8.22. The van der Waals surface area contributed by atoms with Gasteiger partial charge >= 0.3 is 0 Å². The summed E-state index contributed by atoms with van der Waals surface area (Å²) >= 11 is 6.04. The van der Waals surface area contributed by atoms with Gasteiger partial charge in [0.25, 0.3) is 0 Å². The summed E-state index contributed by atoms with van der Waals surface area (Å²) in [5.74, 6) is 0.565. The minimum atomic E-state index is 0.338. The molecule has 2 aromatic heterocycles. The van der Waals surface area contributed by atoms with E-state index < -0.39 is 0 Å². The van der Waals surface area contributed by atoms with Crippen LogP contribution < -0.4 is 0 Å². The zero-order chi connectivity index (χ0) is 12.3. The van der Waals surface area contributed by atoms with Crippen LogP contribution in [0, 0.1) is 0 Å². The SMILES string of the molecule is CC=CCOCc1nc(Cl)c2cnn(C)c2n1. The molecular formula is C11H13ClN4O. The lowest BCUT2D eigenvalue weighted by Crippen LogP contribution is -2.02. The van der Waals surface area contributed by atoms with Gasteiger partial charge in [0.1, 0.15) is 11.8 Å². The number of hydrogen-bond acceptors (Lipinski definition) is 4. The number of allylic oxidation sites excluding steroid dienone is 1. The van der Waals surface area contributed by atoms with Gasteiger partial charge in [-0.3, -0.25) is 4.68 Å². The van der Waals surface area contributed by atoms with E-state index >= 15 is 0 Å². The highest BCUT2D eigenvalue weighted by Gasteiger charge is 2.09. The van der Waals surface area contributed by atoms with Crippen LogP contribution in [0.2, 0.25) is 5.15 Å². The van der Waals surface area contributed by atoms with E-state index in [1.165, 1.54) is 0 Å². The second kappa shape index (κ2) is 5.25. The Balaban J connectivity index is 2.20. The maximum atomic E-state index is 6.04. The number of fused-ring (bicyclic) bond motifs is 1. The third-order valence-corrected chi connectivity index (χ3v) is 2.56. The third kappa shape index (κ3) is 2.62. The van der Waals surface area contributed by atoms with Crippen molar-refractivity contribution in [2.75, 3.05) is 6.61 Å². The first-order valence-electron chi connectivity index (χ1n) is 5.25. The summed E-state index contributed by atoms with van der Waals surface area (Å²) in [4.78, 5) is 8.51. The molecule has 0 unspecified atom stereocenters. The molecule has 0 aliphatic heterocycles. The Labute approximate surface area is 104 Å². The lowest BCUT2D eigenvalue weighted by Gasteiger charge is -2.02. The number of rotatable bonds is 4. The summed E-state index contributed by atoms with van der Waals surface area (Å²) in [7, 11) is 1.82. The van der Waals surface area contributed by atoms with Crippen molar-refractivity contribution in [3.63, 3.8) is 0 Å². The van der Waals surface area contributed by atoms with Crippen molar-refractivity contribution >= 4 is 22.6 Å². The summed E-state index contributed by atoms with van der Waals surface area (Å²) in [5, 5.41) is 5.25. The molecule has 0 saturated heterocycles. The van der Waals surface area contributed by atoms with Crippen LogP contribution in [0.3, 0.4) is 0 Å². The van der Waals surface area contributed by atoms with Crippen molar-refractivity contribution < 1.29 is 4.74 Å².